The highest BCUT2D eigenvalue weighted by molar-refractivity contribution is 5.02. The van der Waals surface area contributed by atoms with E-state index in [1.807, 2.05) is 4.68 Å². The number of nitrogens with two attached hydrogens (primary N) is 1. The Balaban J connectivity index is 2.71. The van der Waals surface area contributed by atoms with E-state index in [0.29, 0.717) is 5.92 Å². The second-order valence-corrected chi connectivity index (χ2v) is 4.17. The van der Waals surface area contributed by atoms with E-state index in [-0.39, 0.29) is 6.04 Å². The van der Waals surface area contributed by atoms with Crippen molar-refractivity contribution in [1.29, 1.82) is 0 Å². The average Bonchev–Trinajstić information content (AvgIpc) is 2.66. The highest BCUT2D eigenvalue weighted by Crippen LogP contribution is 2.22. The number of hydrogen-bond donors (Lipinski definition) is 1. The first-order chi connectivity index (χ1) is 7.20. The fraction of sp³-hybridized carbons (Fsp3) is 0.818. The molecule has 1 heterocycles. The second kappa shape index (κ2) is 5.85. The zero-order valence-corrected chi connectivity index (χ0v) is 9.98. The summed E-state index contributed by atoms with van der Waals surface area (Å²) in [5, 5.41) is 7.99. The third-order valence-corrected chi connectivity index (χ3v) is 2.78. The van der Waals surface area contributed by atoms with Crippen LogP contribution in [0.4, 0.5) is 0 Å². The van der Waals surface area contributed by atoms with Crippen molar-refractivity contribution in [2.24, 2.45) is 11.7 Å². The second-order valence-electron chi connectivity index (χ2n) is 4.17. The van der Waals surface area contributed by atoms with Gasteiger partial charge in [-0.2, -0.15) is 0 Å². The molecule has 2 N–H and O–H groups in total. The lowest BCUT2D eigenvalue weighted by Crippen LogP contribution is -2.22. The molecule has 0 saturated carbocycles. The van der Waals surface area contributed by atoms with Crippen molar-refractivity contribution in [1.82, 2.24) is 15.0 Å². The molecule has 4 heteroatoms. The molecule has 2 unspecified atom stereocenters. The summed E-state index contributed by atoms with van der Waals surface area (Å²) in [7, 11) is 0. The molecule has 0 spiro atoms. The monoisotopic (exact) mass is 210 g/mol. The van der Waals surface area contributed by atoms with E-state index in [2.05, 4.69) is 31.1 Å². The molecule has 15 heavy (non-hydrogen) atoms. The Bertz CT molecular complexity index is 282. The van der Waals surface area contributed by atoms with Crippen molar-refractivity contribution in [2.75, 3.05) is 0 Å². The molecule has 0 radical (unpaired) electrons. The van der Waals surface area contributed by atoms with E-state index in [4.69, 9.17) is 5.73 Å². The first-order valence-corrected chi connectivity index (χ1v) is 5.84. The minimum atomic E-state index is 0.0616. The van der Waals surface area contributed by atoms with E-state index >= 15 is 0 Å². The van der Waals surface area contributed by atoms with Gasteiger partial charge >= 0.3 is 0 Å². The van der Waals surface area contributed by atoms with Crippen LogP contribution in [0.1, 0.15) is 51.8 Å². The van der Waals surface area contributed by atoms with E-state index in [0.717, 1.165) is 25.1 Å². The van der Waals surface area contributed by atoms with Crippen molar-refractivity contribution in [3.05, 3.63) is 11.9 Å². The van der Waals surface area contributed by atoms with Gasteiger partial charge in [-0.15, -0.1) is 5.10 Å². The van der Waals surface area contributed by atoms with Crippen LogP contribution in [-0.4, -0.2) is 15.0 Å². The summed E-state index contributed by atoms with van der Waals surface area (Å²) >= 11 is 0. The lowest BCUT2D eigenvalue weighted by atomic mass is 9.95. The summed E-state index contributed by atoms with van der Waals surface area (Å²) in [6.45, 7) is 7.41. The quantitative estimate of drug-likeness (QED) is 0.782. The summed E-state index contributed by atoms with van der Waals surface area (Å²) in [4.78, 5) is 0. The van der Waals surface area contributed by atoms with Gasteiger partial charge in [0.05, 0.1) is 17.9 Å². The summed E-state index contributed by atoms with van der Waals surface area (Å²) in [5.74, 6) is 0.490. The zero-order valence-electron chi connectivity index (χ0n) is 9.98. The number of nitrogens with zero attached hydrogens (tertiary/aromatic N) is 3. The molecular formula is C11H22N4. The summed E-state index contributed by atoms with van der Waals surface area (Å²) in [5.41, 5.74) is 7.27. The molecule has 0 aliphatic heterocycles. The van der Waals surface area contributed by atoms with E-state index < -0.39 is 0 Å². The lowest BCUT2D eigenvalue weighted by molar-refractivity contribution is 0.403. The van der Waals surface area contributed by atoms with Crippen LogP contribution in [0.5, 0.6) is 0 Å². The smallest absolute Gasteiger partial charge is 0.0757 e. The number of rotatable bonds is 6. The van der Waals surface area contributed by atoms with Crippen LogP contribution in [0.3, 0.4) is 0 Å². The Morgan fingerprint density at radius 1 is 1.40 bits per heavy atom. The van der Waals surface area contributed by atoms with Crippen molar-refractivity contribution in [2.45, 2.75) is 52.6 Å². The molecule has 1 aromatic heterocycles. The number of aromatic nitrogens is 3. The van der Waals surface area contributed by atoms with Crippen molar-refractivity contribution < 1.29 is 0 Å². The summed E-state index contributed by atoms with van der Waals surface area (Å²) < 4.78 is 1.93. The first kappa shape index (κ1) is 12.2. The minimum absolute atomic E-state index is 0.0616. The number of aryl methyl sites for hydroxylation is 1. The molecular weight excluding hydrogens is 188 g/mol. The largest absolute Gasteiger partial charge is 0.322 e. The van der Waals surface area contributed by atoms with Gasteiger partial charge in [-0.3, -0.25) is 0 Å². The van der Waals surface area contributed by atoms with Gasteiger partial charge in [-0.05, 0) is 18.8 Å². The Kier molecular flexibility index (Phi) is 4.75. The SMILES string of the molecule is CCCC(C)C(N)c1cnnn1CCC. The molecule has 1 aromatic rings. The third-order valence-electron chi connectivity index (χ3n) is 2.78. The van der Waals surface area contributed by atoms with E-state index in [9.17, 15) is 0 Å². The molecule has 0 aliphatic rings. The molecule has 2 atom stereocenters. The lowest BCUT2D eigenvalue weighted by Gasteiger charge is -2.19. The third kappa shape index (κ3) is 3.02. The van der Waals surface area contributed by atoms with Crippen LogP contribution in [-0.2, 0) is 6.54 Å². The van der Waals surface area contributed by atoms with Crippen molar-refractivity contribution in [3.63, 3.8) is 0 Å². The fourth-order valence-electron chi connectivity index (χ4n) is 1.84. The Morgan fingerprint density at radius 3 is 2.73 bits per heavy atom. The Morgan fingerprint density at radius 2 is 2.13 bits per heavy atom. The highest BCUT2D eigenvalue weighted by Gasteiger charge is 2.18. The Hall–Kier alpha value is -0.900. The number of hydrogen-bond acceptors (Lipinski definition) is 3. The van der Waals surface area contributed by atoms with Crippen LogP contribution in [0.2, 0.25) is 0 Å². The first-order valence-electron chi connectivity index (χ1n) is 5.84. The van der Waals surface area contributed by atoms with Crippen LogP contribution in [0.15, 0.2) is 6.20 Å². The molecule has 0 fully saturated rings. The molecule has 0 aromatic carbocycles. The van der Waals surface area contributed by atoms with Crippen LogP contribution >= 0.6 is 0 Å². The molecule has 0 aliphatic carbocycles. The van der Waals surface area contributed by atoms with Gasteiger partial charge in [0.2, 0.25) is 0 Å². The van der Waals surface area contributed by atoms with Crippen LogP contribution < -0.4 is 5.73 Å². The maximum Gasteiger partial charge on any atom is 0.0757 e. The predicted molar refractivity (Wildman–Crippen MR) is 61.3 cm³/mol. The molecule has 0 amide bonds. The molecule has 0 saturated heterocycles. The van der Waals surface area contributed by atoms with Crippen molar-refractivity contribution in [3.8, 4) is 0 Å². The van der Waals surface area contributed by atoms with Gasteiger partial charge < -0.3 is 5.73 Å². The fourth-order valence-corrected chi connectivity index (χ4v) is 1.84. The van der Waals surface area contributed by atoms with Gasteiger partial charge in [0.1, 0.15) is 0 Å². The molecule has 86 valence electrons. The zero-order chi connectivity index (χ0) is 11.3. The summed E-state index contributed by atoms with van der Waals surface area (Å²) in [6, 6.07) is 0.0616. The summed E-state index contributed by atoms with van der Waals surface area (Å²) in [6.07, 6.45) is 5.18. The molecule has 0 bridgehead atoms. The van der Waals surface area contributed by atoms with Gasteiger partial charge in [0, 0.05) is 6.54 Å². The van der Waals surface area contributed by atoms with Crippen LogP contribution in [0, 0.1) is 5.92 Å². The Labute approximate surface area is 91.9 Å². The maximum absolute atomic E-state index is 6.20. The standard InChI is InChI=1S/C11H22N4/c1-4-6-9(3)11(12)10-8-13-14-15(10)7-5-2/h8-9,11H,4-7,12H2,1-3H3. The van der Waals surface area contributed by atoms with Gasteiger partial charge in [0.15, 0.2) is 0 Å². The van der Waals surface area contributed by atoms with Gasteiger partial charge in [-0.1, -0.05) is 32.4 Å². The highest BCUT2D eigenvalue weighted by atomic mass is 15.4. The maximum atomic E-state index is 6.20. The molecule has 4 nitrogen and oxygen atoms in total. The van der Waals surface area contributed by atoms with Gasteiger partial charge in [0.25, 0.3) is 0 Å². The van der Waals surface area contributed by atoms with Gasteiger partial charge in [-0.25, -0.2) is 4.68 Å². The topological polar surface area (TPSA) is 56.7 Å². The molecule has 1 rings (SSSR count). The van der Waals surface area contributed by atoms with E-state index in [1.54, 1.807) is 6.20 Å². The van der Waals surface area contributed by atoms with E-state index in [1.165, 1.54) is 6.42 Å². The average molecular weight is 210 g/mol. The normalized spacial score (nSPS) is 15.2. The predicted octanol–water partition coefficient (Wildman–Crippen LogP) is 2.12. The minimum Gasteiger partial charge on any atom is -0.322 e. The van der Waals surface area contributed by atoms with Crippen molar-refractivity contribution >= 4 is 0 Å². The van der Waals surface area contributed by atoms with Crippen LogP contribution in [0.25, 0.3) is 0 Å².